The first-order valence-electron chi connectivity index (χ1n) is 7.75. The lowest BCUT2D eigenvalue weighted by Crippen LogP contribution is -1.81. The quantitative estimate of drug-likeness (QED) is 0.356. The zero-order chi connectivity index (χ0) is 16.1. The molecule has 0 aliphatic rings. The van der Waals surface area contributed by atoms with E-state index in [-0.39, 0.29) is 0 Å². The van der Waals surface area contributed by atoms with Gasteiger partial charge in [-0.05, 0) is 29.7 Å². The zero-order valence-electron chi connectivity index (χ0n) is 12.7. The molecule has 0 aliphatic heterocycles. The molecule has 0 radical (unpaired) electrons. The van der Waals surface area contributed by atoms with E-state index in [0.717, 1.165) is 44.0 Å². The van der Waals surface area contributed by atoms with E-state index in [1.807, 2.05) is 54.6 Å². The topological polar surface area (TPSA) is 26.3 Å². The van der Waals surface area contributed by atoms with Gasteiger partial charge in [0.15, 0.2) is 5.76 Å². The molecule has 0 bridgehead atoms. The summed E-state index contributed by atoms with van der Waals surface area (Å²) in [5.41, 5.74) is 4.50. The van der Waals surface area contributed by atoms with Crippen LogP contribution in [-0.2, 0) is 0 Å². The van der Waals surface area contributed by atoms with Crippen LogP contribution < -0.4 is 0 Å². The predicted molar refractivity (Wildman–Crippen MR) is 96.9 cm³/mol. The number of para-hydroxylation sites is 2. The van der Waals surface area contributed by atoms with Crippen molar-refractivity contribution in [1.82, 2.24) is 0 Å². The van der Waals surface area contributed by atoms with Crippen LogP contribution in [0.2, 0.25) is 0 Å². The van der Waals surface area contributed by atoms with E-state index >= 15 is 0 Å². The molecule has 0 unspecified atom stereocenters. The normalized spacial score (nSPS) is 11.3. The molecular weight excluding hydrogens is 296 g/mol. The lowest BCUT2D eigenvalue weighted by molar-refractivity contribution is 0.603. The highest BCUT2D eigenvalue weighted by molar-refractivity contribution is 6.15. The highest BCUT2D eigenvalue weighted by Crippen LogP contribution is 2.41. The van der Waals surface area contributed by atoms with Crippen molar-refractivity contribution < 1.29 is 8.83 Å². The standard InChI is InChI=1S/C22H12O2/c1-2-17-21(14-8-3-5-11-18(14)23-17)16-10-7-13-20-22(16)15-9-4-6-12-19(15)24-20/h1,3-13H. The number of furan rings is 2. The SMILES string of the molecule is C#Cc1oc2ccccc2c1-c1cccc2oc3ccccc3c12. The Labute approximate surface area is 138 Å². The first-order valence-corrected chi connectivity index (χ1v) is 7.75. The van der Waals surface area contributed by atoms with Crippen molar-refractivity contribution in [2.75, 3.05) is 0 Å². The minimum atomic E-state index is 0.550. The van der Waals surface area contributed by atoms with Crippen molar-refractivity contribution in [3.63, 3.8) is 0 Å². The average Bonchev–Trinajstić information content (AvgIpc) is 3.19. The third-order valence-corrected chi connectivity index (χ3v) is 4.40. The monoisotopic (exact) mass is 308 g/mol. The first kappa shape index (κ1) is 13.0. The molecule has 0 atom stereocenters. The summed E-state index contributed by atoms with van der Waals surface area (Å²) in [6.07, 6.45) is 5.72. The highest BCUT2D eigenvalue weighted by atomic mass is 16.3. The van der Waals surface area contributed by atoms with Crippen molar-refractivity contribution in [1.29, 1.82) is 0 Å². The van der Waals surface area contributed by atoms with Crippen LogP contribution >= 0.6 is 0 Å². The molecule has 0 spiro atoms. The minimum absolute atomic E-state index is 0.550. The molecular formula is C22H12O2. The van der Waals surface area contributed by atoms with Crippen LogP contribution in [0.4, 0.5) is 0 Å². The molecule has 5 rings (SSSR count). The van der Waals surface area contributed by atoms with Gasteiger partial charge >= 0.3 is 0 Å². The van der Waals surface area contributed by atoms with Gasteiger partial charge in [-0.2, -0.15) is 0 Å². The Kier molecular flexibility index (Phi) is 2.60. The maximum atomic E-state index is 5.99. The Morgan fingerprint density at radius 1 is 0.667 bits per heavy atom. The number of fused-ring (bicyclic) bond motifs is 4. The van der Waals surface area contributed by atoms with E-state index in [2.05, 4.69) is 18.1 Å². The Bertz CT molecular complexity index is 1260. The maximum absolute atomic E-state index is 5.99. The number of terminal acetylenes is 1. The molecule has 2 aromatic heterocycles. The smallest absolute Gasteiger partial charge is 0.185 e. The number of benzene rings is 3. The van der Waals surface area contributed by atoms with Gasteiger partial charge < -0.3 is 8.83 Å². The minimum Gasteiger partial charge on any atom is -0.456 e. The second-order valence-corrected chi connectivity index (χ2v) is 5.72. The fourth-order valence-corrected chi connectivity index (χ4v) is 3.40. The van der Waals surface area contributed by atoms with E-state index in [1.54, 1.807) is 0 Å². The second-order valence-electron chi connectivity index (χ2n) is 5.72. The van der Waals surface area contributed by atoms with E-state index in [4.69, 9.17) is 15.3 Å². The summed E-state index contributed by atoms with van der Waals surface area (Å²) in [5, 5.41) is 3.16. The van der Waals surface area contributed by atoms with Crippen molar-refractivity contribution in [2.24, 2.45) is 0 Å². The fraction of sp³-hybridized carbons (Fsp3) is 0. The average molecular weight is 308 g/mol. The van der Waals surface area contributed by atoms with E-state index < -0.39 is 0 Å². The van der Waals surface area contributed by atoms with Gasteiger partial charge in [-0.15, -0.1) is 6.42 Å². The third kappa shape index (κ3) is 1.67. The van der Waals surface area contributed by atoms with Gasteiger partial charge in [0.1, 0.15) is 16.7 Å². The summed E-state index contributed by atoms with van der Waals surface area (Å²) in [4.78, 5) is 0. The van der Waals surface area contributed by atoms with Gasteiger partial charge in [-0.1, -0.05) is 48.5 Å². The fourth-order valence-electron chi connectivity index (χ4n) is 3.40. The molecule has 0 aliphatic carbocycles. The third-order valence-electron chi connectivity index (χ3n) is 4.40. The summed E-state index contributed by atoms with van der Waals surface area (Å²) in [7, 11) is 0. The Morgan fingerprint density at radius 2 is 1.33 bits per heavy atom. The number of hydrogen-bond donors (Lipinski definition) is 0. The van der Waals surface area contributed by atoms with Gasteiger partial charge in [0.25, 0.3) is 0 Å². The van der Waals surface area contributed by atoms with E-state index in [9.17, 15) is 0 Å². The number of hydrogen-bond acceptors (Lipinski definition) is 2. The van der Waals surface area contributed by atoms with Crippen LogP contribution in [0.3, 0.4) is 0 Å². The largest absolute Gasteiger partial charge is 0.456 e. The van der Waals surface area contributed by atoms with Crippen LogP contribution in [-0.4, -0.2) is 0 Å². The van der Waals surface area contributed by atoms with E-state index in [1.165, 1.54) is 0 Å². The second kappa shape index (κ2) is 4.78. The van der Waals surface area contributed by atoms with Crippen LogP contribution in [0.15, 0.2) is 75.6 Å². The van der Waals surface area contributed by atoms with Gasteiger partial charge in [0.2, 0.25) is 0 Å². The van der Waals surface area contributed by atoms with Gasteiger partial charge in [0, 0.05) is 21.7 Å². The van der Waals surface area contributed by atoms with Gasteiger partial charge in [-0.25, -0.2) is 0 Å². The molecule has 24 heavy (non-hydrogen) atoms. The van der Waals surface area contributed by atoms with Crippen molar-refractivity contribution >= 4 is 32.9 Å². The number of rotatable bonds is 1. The predicted octanol–water partition coefficient (Wildman–Crippen LogP) is 5.98. The molecule has 0 saturated heterocycles. The molecule has 2 heterocycles. The molecule has 0 N–H and O–H groups in total. The maximum Gasteiger partial charge on any atom is 0.185 e. The zero-order valence-corrected chi connectivity index (χ0v) is 12.7. The Hall–Kier alpha value is -3.44. The van der Waals surface area contributed by atoms with Crippen molar-refractivity contribution in [3.05, 3.63) is 72.5 Å². The summed E-state index contributed by atoms with van der Waals surface area (Å²) < 4.78 is 11.9. The van der Waals surface area contributed by atoms with Crippen LogP contribution in [0.5, 0.6) is 0 Å². The first-order chi connectivity index (χ1) is 11.9. The molecule has 0 amide bonds. The molecule has 0 fully saturated rings. The summed E-state index contributed by atoms with van der Waals surface area (Å²) in [6, 6.07) is 22.0. The van der Waals surface area contributed by atoms with Gasteiger partial charge in [-0.3, -0.25) is 0 Å². The molecule has 0 saturated carbocycles. The molecule has 3 aromatic carbocycles. The lowest BCUT2D eigenvalue weighted by Gasteiger charge is -2.02. The molecule has 112 valence electrons. The van der Waals surface area contributed by atoms with E-state index in [0.29, 0.717) is 5.76 Å². The van der Waals surface area contributed by atoms with Crippen molar-refractivity contribution in [2.45, 2.75) is 0 Å². The Morgan fingerprint density at radius 3 is 2.12 bits per heavy atom. The summed E-state index contributed by atoms with van der Waals surface area (Å²) in [6.45, 7) is 0. The summed E-state index contributed by atoms with van der Waals surface area (Å²) >= 11 is 0. The lowest BCUT2D eigenvalue weighted by atomic mass is 9.97. The molecule has 2 nitrogen and oxygen atoms in total. The van der Waals surface area contributed by atoms with Gasteiger partial charge in [0.05, 0.1) is 0 Å². The molecule has 5 aromatic rings. The van der Waals surface area contributed by atoms with Crippen LogP contribution in [0, 0.1) is 12.3 Å². The summed E-state index contributed by atoms with van der Waals surface area (Å²) in [5.74, 6) is 3.24. The van der Waals surface area contributed by atoms with Crippen molar-refractivity contribution in [3.8, 4) is 23.5 Å². The highest BCUT2D eigenvalue weighted by Gasteiger charge is 2.19. The molecule has 2 heteroatoms. The Balaban J connectivity index is 1.99. The van der Waals surface area contributed by atoms with Crippen LogP contribution in [0.1, 0.15) is 5.76 Å². The van der Waals surface area contributed by atoms with Crippen LogP contribution in [0.25, 0.3) is 44.0 Å².